The zero-order valence-corrected chi connectivity index (χ0v) is 19.0. The number of carbonyl (C=O) groups excluding carboxylic acids is 2. The first-order valence-corrected chi connectivity index (χ1v) is 11.0. The van der Waals surface area contributed by atoms with Crippen LogP contribution in [0.2, 0.25) is 0 Å². The largest absolute Gasteiger partial charge is 0.490 e. The van der Waals surface area contributed by atoms with Crippen molar-refractivity contribution in [3.8, 4) is 5.75 Å². The van der Waals surface area contributed by atoms with Crippen molar-refractivity contribution in [3.05, 3.63) is 59.9 Å². The second kappa shape index (κ2) is 10.7. The number of carboxylic acids is 1. The van der Waals surface area contributed by atoms with E-state index in [-0.39, 0.29) is 23.3 Å². The molecule has 1 spiro atoms. The average Bonchev–Trinajstić information content (AvgIpc) is 2.84. The number of nitrogens with one attached hydrogen (secondary N) is 1. The van der Waals surface area contributed by atoms with Crippen LogP contribution < -0.4 is 10.1 Å². The lowest BCUT2D eigenvalue weighted by molar-refractivity contribution is -0.192. The van der Waals surface area contributed by atoms with E-state index in [9.17, 15) is 22.8 Å². The van der Waals surface area contributed by atoms with E-state index in [1.54, 1.807) is 31.6 Å². The standard InChI is InChI=1S/C22H25N3O3.C2HF3O2/c1-23-20(26)13-17-14-22(28-19-7-3-2-6-18(17)19)8-11-25(12-9-22)21(27)16-5-4-10-24-15-16;3-2(4,5)1(6)7/h2-7,10,15,17H,8-9,11-14H2,1H3,(H,23,26);(H,6,7). The highest BCUT2D eigenvalue weighted by atomic mass is 19.4. The van der Waals surface area contributed by atoms with Crippen LogP contribution in [0.4, 0.5) is 13.2 Å². The van der Waals surface area contributed by atoms with Crippen molar-refractivity contribution in [2.75, 3.05) is 20.1 Å². The molecular formula is C24H26F3N3O5. The molecule has 4 rings (SSSR count). The van der Waals surface area contributed by atoms with Crippen LogP contribution in [0.25, 0.3) is 0 Å². The number of piperidine rings is 1. The van der Waals surface area contributed by atoms with Gasteiger partial charge in [-0.15, -0.1) is 0 Å². The predicted octanol–water partition coefficient (Wildman–Crippen LogP) is 3.39. The Kier molecular flexibility index (Phi) is 7.98. The van der Waals surface area contributed by atoms with Crippen molar-refractivity contribution < 1.29 is 37.4 Å². The fraction of sp³-hybridized carbons (Fsp3) is 0.417. The molecule has 188 valence electrons. The second-order valence-electron chi connectivity index (χ2n) is 8.44. The van der Waals surface area contributed by atoms with Gasteiger partial charge < -0.3 is 20.1 Å². The molecule has 1 fully saturated rings. The normalized spacial score (nSPS) is 18.4. The van der Waals surface area contributed by atoms with Crippen LogP contribution in [0.1, 0.15) is 47.5 Å². The van der Waals surface area contributed by atoms with Gasteiger partial charge >= 0.3 is 12.1 Å². The van der Waals surface area contributed by atoms with Crippen molar-refractivity contribution in [3.63, 3.8) is 0 Å². The van der Waals surface area contributed by atoms with Crippen LogP contribution in [0.3, 0.4) is 0 Å². The molecule has 1 aromatic heterocycles. The lowest BCUT2D eigenvalue weighted by atomic mass is 9.76. The number of halogens is 3. The molecule has 0 bridgehead atoms. The summed E-state index contributed by atoms with van der Waals surface area (Å²) in [6, 6.07) is 11.6. The highest BCUT2D eigenvalue weighted by Crippen LogP contribution is 2.46. The number of likely N-dealkylation sites (tertiary alicyclic amines) is 1. The summed E-state index contributed by atoms with van der Waals surface area (Å²) >= 11 is 0. The smallest absolute Gasteiger partial charge is 0.487 e. The lowest BCUT2D eigenvalue weighted by Gasteiger charge is -2.47. The van der Waals surface area contributed by atoms with Crippen LogP contribution >= 0.6 is 0 Å². The Labute approximate surface area is 200 Å². The minimum atomic E-state index is -5.08. The number of benzene rings is 1. The average molecular weight is 493 g/mol. The van der Waals surface area contributed by atoms with Crippen LogP contribution in [0.5, 0.6) is 5.75 Å². The van der Waals surface area contributed by atoms with Crippen molar-refractivity contribution in [2.24, 2.45) is 0 Å². The van der Waals surface area contributed by atoms with Gasteiger partial charge in [0.05, 0.1) is 5.56 Å². The first kappa shape index (κ1) is 26.0. The Hall–Kier alpha value is -3.63. The van der Waals surface area contributed by atoms with E-state index >= 15 is 0 Å². The number of hydrogen-bond donors (Lipinski definition) is 2. The van der Waals surface area contributed by atoms with E-state index in [4.69, 9.17) is 14.6 Å². The Morgan fingerprint density at radius 2 is 1.83 bits per heavy atom. The lowest BCUT2D eigenvalue weighted by Crippen LogP contribution is -2.52. The molecule has 2 aliphatic heterocycles. The number of pyridine rings is 1. The number of ether oxygens (including phenoxy) is 1. The summed E-state index contributed by atoms with van der Waals surface area (Å²) in [5, 5.41) is 9.86. The minimum Gasteiger partial charge on any atom is -0.487 e. The van der Waals surface area contributed by atoms with Crippen LogP contribution in [-0.4, -0.2) is 64.7 Å². The van der Waals surface area contributed by atoms with Crippen LogP contribution in [-0.2, 0) is 9.59 Å². The molecule has 2 aromatic rings. The molecule has 3 heterocycles. The molecular weight excluding hydrogens is 467 g/mol. The predicted molar refractivity (Wildman–Crippen MR) is 119 cm³/mol. The van der Waals surface area contributed by atoms with Crippen molar-refractivity contribution in [2.45, 2.75) is 43.4 Å². The van der Waals surface area contributed by atoms with Gasteiger partial charge in [0.2, 0.25) is 5.91 Å². The third kappa shape index (κ3) is 6.49. The molecule has 11 heteroatoms. The van der Waals surface area contributed by atoms with Crippen LogP contribution in [0, 0.1) is 0 Å². The number of aliphatic carboxylic acids is 1. The SMILES string of the molecule is CNC(=O)CC1CC2(CCN(C(=O)c3cccnc3)CC2)Oc2ccccc21.O=C(O)C(F)(F)F. The Morgan fingerprint density at radius 1 is 1.17 bits per heavy atom. The summed E-state index contributed by atoms with van der Waals surface area (Å²) in [5.74, 6) is -1.70. The molecule has 1 saturated heterocycles. The molecule has 0 aliphatic carbocycles. The molecule has 2 aliphatic rings. The summed E-state index contributed by atoms with van der Waals surface area (Å²) < 4.78 is 38.2. The maximum Gasteiger partial charge on any atom is 0.490 e. The van der Waals surface area contributed by atoms with Gasteiger partial charge in [0.1, 0.15) is 11.4 Å². The number of hydrogen-bond acceptors (Lipinski definition) is 5. The summed E-state index contributed by atoms with van der Waals surface area (Å²) in [6.45, 7) is 1.28. The van der Waals surface area contributed by atoms with E-state index in [0.717, 1.165) is 30.6 Å². The fourth-order valence-electron chi connectivity index (χ4n) is 4.35. The second-order valence-corrected chi connectivity index (χ2v) is 8.44. The monoisotopic (exact) mass is 493 g/mol. The van der Waals surface area contributed by atoms with Gasteiger partial charge in [0, 0.05) is 57.7 Å². The van der Waals surface area contributed by atoms with E-state index in [1.165, 1.54) is 0 Å². The molecule has 0 radical (unpaired) electrons. The topological polar surface area (TPSA) is 109 Å². The zero-order valence-electron chi connectivity index (χ0n) is 19.0. The number of rotatable bonds is 3. The first-order chi connectivity index (χ1) is 16.5. The van der Waals surface area contributed by atoms with Crippen molar-refractivity contribution in [1.82, 2.24) is 15.2 Å². The molecule has 0 saturated carbocycles. The zero-order chi connectivity index (χ0) is 25.6. The quantitative estimate of drug-likeness (QED) is 0.679. The molecule has 2 N–H and O–H groups in total. The van der Waals surface area contributed by atoms with Crippen molar-refractivity contribution in [1.29, 1.82) is 0 Å². The maximum atomic E-state index is 12.7. The van der Waals surface area contributed by atoms with Gasteiger partial charge in [0.25, 0.3) is 5.91 Å². The highest BCUT2D eigenvalue weighted by Gasteiger charge is 2.44. The number of fused-ring (bicyclic) bond motifs is 1. The molecule has 1 unspecified atom stereocenters. The van der Waals surface area contributed by atoms with Gasteiger partial charge in [-0.2, -0.15) is 13.2 Å². The summed E-state index contributed by atoms with van der Waals surface area (Å²) in [6.07, 6.45) is 0.972. The summed E-state index contributed by atoms with van der Waals surface area (Å²) in [5.41, 5.74) is 1.40. The van der Waals surface area contributed by atoms with Gasteiger partial charge in [-0.3, -0.25) is 14.6 Å². The molecule has 2 amide bonds. The fourth-order valence-corrected chi connectivity index (χ4v) is 4.35. The molecule has 8 nitrogen and oxygen atoms in total. The highest BCUT2D eigenvalue weighted by molar-refractivity contribution is 5.93. The number of nitrogens with zero attached hydrogens (tertiary/aromatic N) is 2. The first-order valence-electron chi connectivity index (χ1n) is 11.0. The maximum absolute atomic E-state index is 12.7. The number of amides is 2. The summed E-state index contributed by atoms with van der Waals surface area (Å²) in [7, 11) is 1.67. The minimum absolute atomic E-state index is 0.0149. The number of alkyl halides is 3. The third-order valence-electron chi connectivity index (χ3n) is 6.13. The van der Waals surface area contributed by atoms with Gasteiger partial charge in [-0.25, -0.2) is 4.79 Å². The Balaban J connectivity index is 0.000000429. The van der Waals surface area contributed by atoms with Crippen LogP contribution in [0.15, 0.2) is 48.8 Å². The Morgan fingerprint density at radius 3 is 2.40 bits per heavy atom. The van der Waals surface area contributed by atoms with Gasteiger partial charge in [-0.1, -0.05) is 18.2 Å². The molecule has 1 atom stereocenters. The third-order valence-corrected chi connectivity index (χ3v) is 6.13. The van der Waals surface area contributed by atoms with Gasteiger partial charge in [0.15, 0.2) is 0 Å². The van der Waals surface area contributed by atoms with Crippen molar-refractivity contribution >= 4 is 17.8 Å². The molecule has 1 aromatic carbocycles. The number of carboxylic acid groups (broad SMARTS) is 1. The Bertz CT molecular complexity index is 1050. The van der Waals surface area contributed by atoms with E-state index in [0.29, 0.717) is 25.1 Å². The van der Waals surface area contributed by atoms with E-state index in [1.807, 2.05) is 23.1 Å². The van der Waals surface area contributed by atoms with Gasteiger partial charge in [-0.05, 0) is 30.2 Å². The molecule has 35 heavy (non-hydrogen) atoms. The number of para-hydroxylation sites is 1. The van der Waals surface area contributed by atoms with E-state index in [2.05, 4.69) is 16.4 Å². The van der Waals surface area contributed by atoms with E-state index < -0.39 is 12.1 Å². The number of carbonyl (C=O) groups is 3. The number of aromatic nitrogens is 1. The summed E-state index contributed by atoms with van der Waals surface area (Å²) in [4.78, 5) is 39.6.